The number of ether oxygens (including phenoxy) is 2. The molecule has 0 aliphatic carbocycles. The molecule has 2 rings (SSSR count). The fraction of sp³-hybridized carbons (Fsp3) is 0.238. The average molecular weight is 400 g/mol. The highest BCUT2D eigenvalue weighted by Crippen LogP contribution is 2.34. The maximum absolute atomic E-state index is 12.4. The Morgan fingerprint density at radius 2 is 1.83 bits per heavy atom. The van der Waals surface area contributed by atoms with E-state index in [-0.39, 0.29) is 11.5 Å². The van der Waals surface area contributed by atoms with Gasteiger partial charge in [-0.2, -0.15) is 0 Å². The fourth-order valence-corrected chi connectivity index (χ4v) is 2.64. The van der Waals surface area contributed by atoms with Crippen molar-refractivity contribution in [2.75, 3.05) is 12.4 Å². The van der Waals surface area contributed by atoms with Crippen molar-refractivity contribution >= 4 is 17.7 Å². The SMILES string of the molecule is COc1ccc([C@@H](OC(=O)Nc2ccc(C)cc2)[C@H](C)/C=C/C(=O)NO)cc1O. The minimum atomic E-state index is -0.819. The summed E-state index contributed by atoms with van der Waals surface area (Å²) in [5.41, 5.74) is 3.62. The van der Waals surface area contributed by atoms with Crippen molar-refractivity contribution in [1.82, 2.24) is 5.48 Å². The highest BCUT2D eigenvalue weighted by atomic mass is 16.6. The second kappa shape index (κ2) is 10.1. The Morgan fingerprint density at radius 3 is 2.41 bits per heavy atom. The number of methoxy groups -OCH3 is 1. The maximum atomic E-state index is 12.4. The lowest BCUT2D eigenvalue weighted by Gasteiger charge is -2.23. The van der Waals surface area contributed by atoms with Crippen LogP contribution in [0.5, 0.6) is 11.5 Å². The summed E-state index contributed by atoms with van der Waals surface area (Å²) in [4.78, 5) is 23.7. The molecule has 154 valence electrons. The van der Waals surface area contributed by atoms with Crippen LogP contribution in [-0.4, -0.2) is 29.4 Å². The molecule has 4 N–H and O–H groups in total. The van der Waals surface area contributed by atoms with Crippen LogP contribution in [0.1, 0.15) is 24.2 Å². The molecule has 2 aromatic carbocycles. The highest BCUT2D eigenvalue weighted by molar-refractivity contribution is 5.86. The van der Waals surface area contributed by atoms with E-state index in [0.717, 1.165) is 11.6 Å². The number of benzene rings is 2. The summed E-state index contributed by atoms with van der Waals surface area (Å²) < 4.78 is 10.6. The normalized spacial score (nSPS) is 12.8. The van der Waals surface area contributed by atoms with Gasteiger partial charge in [0, 0.05) is 17.7 Å². The van der Waals surface area contributed by atoms with E-state index in [2.05, 4.69) is 5.32 Å². The summed E-state index contributed by atoms with van der Waals surface area (Å²) in [6, 6.07) is 11.8. The van der Waals surface area contributed by atoms with E-state index < -0.39 is 24.0 Å². The van der Waals surface area contributed by atoms with Gasteiger partial charge >= 0.3 is 6.09 Å². The third kappa shape index (κ3) is 6.25. The van der Waals surface area contributed by atoms with E-state index >= 15 is 0 Å². The van der Waals surface area contributed by atoms with Gasteiger partial charge in [0.25, 0.3) is 5.91 Å². The number of aryl methyl sites for hydroxylation is 1. The minimum absolute atomic E-state index is 0.109. The smallest absolute Gasteiger partial charge is 0.412 e. The lowest BCUT2D eigenvalue weighted by Crippen LogP contribution is -2.22. The van der Waals surface area contributed by atoms with E-state index in [4.69, 9.17) is 14.7 Å². The van der Waals surface area contributed by atoms with E-state index in [0.29, 0.717) is 11.3 Å². The van der Waals surface area contributed by atoms with Gasteiger partial charge in [0.05, 0.1) is 7.11 Å². The number of phenolic OH excluding ortho intramolecular Hbond substituents is 1. The molecule has 0 bridgehead atoms. The van der Waals surface area contributed by atoms with E-state index in [1.54, 1.807) is 31.2 Å². The number of carbonyl (C=O) groups excluding carboxylic acids is 2. The van der Waals surface area contributed by atoms with Gasteiger partial charge in [-0.3, -0.25) is 15.3 Å². The first-order valence-corrected chi connectivity index (χ1v) is 8.87. The molecule has 8 nitrogen and oxygen atoms in total. The summed E-state index contributed by atoms with van der Waals surface area (Å²) in [7, 11) is 1.43. The molecular formula is C21H24N2O6. The number of phenols is 1. The Labute approximate surface area is 168 Å². The van der Waals surface area contributed by atoms with Gasteiger partial charge in [0.2, 0.25) is 0 Å². The van der Waals surface area contributed by atoms with Crippen molar-refractivity contribution in [3.05, 3.63) is 65.7 Å². The van der Waals surface area contributed by atoms with Gasteiger partial charge in [0.15, 0.2) is 11.5 Å². The number of nitrogens with one attached hydrogen (secondary N) is 2. The second-order valence-electron chi connectivity index (χ2n) is 6.44. The number of anilines is 1. The molecule has 0 saturated carbocycles. The number of hydroxylamine groups is 1. The van der Waals surface area contributed by atoms with Crippen LogP contribution < -0.4 is 15.5 Å². The molecule has 0 fully saturated rings. The fourth-order valence-electron chi connectivity index (χ4n) is 2.64. The molecule has 29 heavy (non-hydrogen) atoms. The summed E-state index contributed by atoms with van der Waals surface area (Å²) in [6.07, 6.45) is 1.10. The zero-order valence-electron chi connectivity index (χ0n) is 16.4. The third-order valence-corrected chi connectivity index (χ3v) is 4.20. The van der Waals surface area contributed by atoms with E-state index in [1.165, 1.54) is 24.7 Å². The Balaban J connectivity index is 2.24. The van der Waals surface area contributed by atoms with Crippen molar-refractivity contribution in [2.24, 2.45) is 5.92 Å². The Hall–Kier alpha value is -3.52. The van der Waals surface area contributed by atoms with Crippen LogP contribution in [0.4, 0.5) is 10.5 Å². The second-order valence-corrected chi connectivity index (χ2v) is 6.44. The molecule has 0 spiro atoms. The summed E-state index contributed by atoms with van der Waals surface area (Å²) in [5.74, 6) is -0.998. The largest absolute Gasteiger partial charge is 0.504 e. The summed E-state index contributed by atoms with van der Waals surface area (Å²) in [5, 5.41) is 21.4. The van der Waals surface area contributed by atoms with Crippen LogP contribution >= 0.6 is 0 Å². The van der Waals surface area contributed by atoms with Gasteiger partial charge in [0.1, 0.15) is 6.10 Å². The molecule has 0 aliphatic heterocycles. The van der Waals surface area contributed by atoms with Crippen LogP contribution in [0.2, 0.25) is 0 Å². The lowest BCUT2D eigenvalue weighted by molar-refractivity contribution is -0.124. The van der Waals surface area contributed by atoms with Gasteiger partial charge < -0.3 is 14.6 Å². The zero-order chi connectivity index (χ0) is 21.4. The van der Waals surface area contributed by atoms with Crippen molar-refractivity contribution in [1.29, 1.82) is 0 Å². The quantitative estimate of drug-likeness (QED) is 0.320. The van der Waals surface area contributed by atoms with Crippen molar-refractivity contribution < 1.29 is 29.4 Å². The number of carbonyl (C=O) groups is 2. The van der Waals surface area contributed by atoms with E-state index in [9.17, 15) is 14.7 Å². The van der Waals surface area contributed by atoms with Gasteiger partial charge in [-0.25, -0.2) is 10.3 Å². The monoisotopic (exact) mass is 400 g/mol. The molecule has 8 heteroatoms. The van der Waals surface area contributed by atoms with Crippen LogP contribution in [0.15, 0.2) is 54.6 Å². The lowest BCUT2D eigenvalue weighted by atomic mass is 9.96. The van der Waals surface area contributed by atoms with Crippen LogP contribution in [0, 0.1) is 12.8 Å². The molecule has 0 saturated heterocycles. The number of hydrogen-bond donors (Lipinski definition) is 4. The Morgan fingerprint density at radius 1 is 1.14 bits per heavy atom. The van der Waals surface area contributed by atoms with Crippen molar-refractivity contribution in [2.45, 2.75) is 20.0 Å². The molecule has 0 heterocycles. The van der Waals surface area contributed by atoms with Crippen molar-refractivity contribution in [3.63, 3.8) is 0 Å². The molecule has 0 radical (unpaired) electrons. The molecule has 2 atom stereocenters. The first-order chi connectivity index (χ1) is 13.8. The zero-order valence-corrected chi connectivity index (χ0v) is 16.4. The Kier molecular flexibility index (Phi) is 7.62. The molecule has 2 amide bonds. The van der Waals surface area contributed by atoms with Gasteiger partial charge in [-0.15, -0.1) is 0 Å². The maximum Gasteiger partial charge on any atom is 0.412 e. The number of aromatic hydroxyl groups is 1. The molecule has 0 aliphatic rings. The third-order valence-electron chi connectivity index (χ3n) is 4.20. The van der Waals surface area contributed by atoms with Crippen LogP contribution in [0.25, 0.3) is 0 Å². The first-order valence-electron chi connectivity index (χ1n) is 8.87. The van der Waals surface area contributed by atoms with Crippen molar-refractivity contribution in [3.8, 4) is 11.5 Å². The Bertz CT molecular complexity index is 879. The number of amides is 2. The standard InChI is InChI=1S/C21H24N2O6/c1-13-4-8-16(9-5-13)22-21(26)29-20(14(2)6-11-19(25)23-27)15-7-10-18(28-3)17(24)12-15/h4-12,14,20,24,27H,1-3H3,(H,22,26)(H,23,25)/b11-6+/t14-,20+/m1/s1. The molecule has 0 aromatic heterocycles. The summed E-state index contributed by atoms with van der Waals surface area (Å²) >= 11 is 0. The number of hydrogen-bond acceptors (Lipinski definition) is 6. The number of rotatable bonds is 7. The highest BCUT2D eigenvalue weighted by Gasteiger charge is 2.23. The predicted octanol–water partition coefficient (Wildman–Crippen LogP) is 3.70. The average Bonchev–Trinajstić information content (AvgIpc) is 2.71. The summed E-state index contributed by atoms with van der Waals surface area (Å²) in [6.45, 7) is 3.66. The minimum Gasteiger partial charge on any atom is -0.504 e. The molecular weight excluding hydrogens is 376 g/mol. The first kappa shape index (κ1) is 21.8. The molecule has 2 aromatic rings. The van der Waals surface area contributed by atoms with Gasteiger partial charge in [-0.1, -0.05) is 36.8 Å². The predicted molar refractivity (Wildman–Crippen MR) is 107 cm³/mol. The topological polar surface area (TPSA) is 117 Å². The molecule has 0 unspecified atom stereocenters. The van der Waals surface area contributed by atoms with Gasteiger partial charge in [-0.05, 0) is 36.8 Å². The van der Waals surface area contributed by atoms with Crippen LogP contribution in [0.3, 0.4) is 0 Å². The van der Waals surface area contributed by atoms with E-state index in [1.807, 2.05) is 19.1 Å². The van der Waals surface area contributed by atoms with Crippen LogP contribution in [-0.2, 0) is 9.53 Å².